The number of hydrogen-bond acceptors (Lipinski definition) is 0. The van der Waals surface area contributed by atoms with Crippen LogP contribution in [0.5, 0.6) is 0 Å². The summed E-state index contributed by atoms with van der Waals surface area (Å²) in [4.78, 5) is 0. The van der Waals surface area contributed by atoms with E-state index >= 15 is 0 Å². The molecule has 7 heteroatoms. The average molecular weight is 328 g/mol. The lowest BCUT2D eigenvalue weighted by Crippen LogP contribution is -1.65. The average Bonchev–Trinajstić information content (AvgIpc) is 1.90. The molecule has 0 aromatic carbocycles. The minimum absolute atomic E-state index is 0.748. The number of rotatable bonds is 1. The van der Waals surface area contributed by atoms with Crippen molar-refractivity contribution in [2.45, 2.75) is 0 Å². The second-order valence-corrected chi connectivity index (χ2v) is 18.4. The molecule has 0 fully saturated rings. The molecule has 0 aromatic heterocycles. The van der Waals surface area contributed by atoms with Gasteiger partial charge in [-0.1, -0.05) is 32.3 Å². The van der Waals surface area contributed by atoms with Crippen molar-refractivity contribution >= 4 is 69.1 Å². The van der Waals surface area contributed by atoms with Crippen LogP contribution >= 0.6 is 59.4 Å². The molecule has 1 unspecified atom stereocenters. The van der Waals surface area contributed by atoms with E-state index in [1.165, 1.54) is 3.76 Å². The summed E-state index contributed by atoms with van der Waals surface area (Å²) < 4.78 is 1.37. The first kappa shape index (κ1) is 8.67. The van der Waals surface area contributed by atoms with Crippen molar-refractivity contribution in [1.29, 1.82) is 0 Å². The summed E-state index contributed by atoms with van der Waals surface area (Å²) >= 11 is 2.49. The van der Waals surface area contributed by atoms with Gasteiger partial charge in [-0.3, -0.25) is 0 Å². The van der Waals surface area contributed by atoms with E-state index in [0.717, 1.165) is 9.69 Å². The third-order valence-corrected chi connectivity index (χ3v) is 27.3. The van der Waals surface area contributed by atoms with Crippen LogP contribution in [-0.2, 0) is 9.69 Å². The Balaban J connectivity index is 2.68. The Morgan fingerprint density at radius 2 is 2.12 bits per heavy atom. The summed E-state index contributed by atoms with van der Waals surface area (Å²) in [6.45, 7) is 0. The van der Waals surface area contributed by atoms with Crippen LogP contribution in [0.25, 0.3) is 0 Å². The zero-order valence-electron chi connectivity index (χ0n) is 3.73. The molecule has 1 aliphatic heterocycles. The molecule has 1 atom stereocenters. The molecule has 0 radical (unpaired) electrons. The quantitative estimate of drug-likeness (QED) is 0.351. The molecule has 0 aromatic rings. The first-order valence-electron chi connectivity index (χ1n) is 1.72. The lowest BCUT2D eigenvalue weighted by molar-refractivity contribution is 2.45. The van der Waals surface area contributed by atoms with Gasteiger partial charge in [0.05, 0.1) is 3.76 Å². The van der Waals surface area contributed by atoms with Crippen LogP contribution in [0.1, 0.15) is 0 Å². The van der Waals surface area contributed by atoms with Crippen molar-refractivity contribution in [3.63, 3.8) is 0 Å². The summed E-state index contributed by atoms with van der Waals surface area (Å²) in [6.07, 6.45) is 0. The maximum absolute atomic E-state index is 2.49. The first-order valence-corrected chi connectivity index (χ1v) is 13.1. The van der Waals surface area contributed by atoms with Gasteiger partial charge < -0.3 is 0 Å². The molecule has 8 heavy (non-hydrogen) atoms. The van der Waals surface area contributed by atoms with Gasteiger partial charge in [-0.15, -0.1) is 0 Å². The molecule has 0 spiro atoms. The maximum atomic E-state index is 2.49. The lowest BCUT2D eigenvalue weighted by Gasteiger charge is -1.92. The van der Waals surface area contributed by atoms with E-state index in [2.05, 4.69) is 22.6 Å². The predicted molar refractivity (Wildman–Crippen MR) is 60.9 cm³/mol. The summed E-state index contributed by atoms with van der Waals surface area (Å²) in [6, 6.07) is 0. The zero-order chi connectivity index (χ0) is 5.82. The molecule has 1 aliphatic rings. The largest absolute Gasteiger partial charge is 0.0870 e. The highest BCUT2D eigenvalue weighted by atomic mass is 127. The van der Waals surface area contributed by atoms with Crippen molar-refractivity contribution in [3.8, 4) is 0 Å². The Kier molecular flexibility index (Phi) is 5.70. The topological polar surface area (TPSA) is 0 Å². The van der Waals surface area contributed by atoms with Crippen molar-refractivity contribution in [1.82, 2.24) is 0 Å². The summed E-state index contributed by atoms with van der Waals surface area (Å²) in [7, 11) is 9.03. The molecule has 1 rings (SSSR count). The van der Waals surface area contributed by atoms with Gasteiger partial charge in [-0.05, 0) is 0 Å². The van der Waals surface area contributed by atoms with Gasteiger partial charge in [0.2, 0.25) is 0 Å². The number of alkyl halides is 1. The Labute approximate surface area is 72.3 Å². The minimum Gasteiger partial charge on any atom is -0.0870 e. The fourth-order valence-electron chi connectivity index (χ4n) is 0.195. The molecule has 1 heterocycles. The van der Waals surface area contributed by atoms with Crippen molar-refractivity contribution in [2.24, 2.45) is 0 Å². The summed E-state index contributed by atoms with van der Waals surface area (Å²) in [5.41, 5.74) is 0. The van der Waals surface area contributed by atoms with Crippen LogP contribution in [0.4, 0.5) is 0 Å². The Morgan fingerprint density at radius 1 is 1.25 bits per heavy atom. The highest BCUT2D eigenvalue weighted by Crippen LogP contribution is 2.52. The van der Waals surface area contributed by atoms with Crippen molar-refractivity contribution in [3.05, 3.63) is 0 Å². The summed E-state index contributed by atoms with van der Waals surface area (Å²) in [5.74, 6) is 0. The van der Waals surface area contributed by atoms with Gasteiger partial charge in [0.1, 0.15) is 0 Å². The number of halogens is 1. The third kappa shape index (κ3) is 3.12. The van der Waals surface area contributed by atoms with E-state index < -0.39 is 0 Å². The highest BCUT2D eigenvalue weighted by molar-refractivity contribution is 14.1. The van der Waals surface area contributed by atoms with Crippen molar-refractivity contribution in [2.75, 3.05) is 3.76 Å². The first-order chi connectivity index (χ1) is 3.93. The predicted octanol–water partition coefficient (Wildman–Crippen LogP) is 5.23. The lowest BCUT2D eigenvalue weighted by atomic mass is 12.0. The van der Waals surface area contributed by atoms with E-state index in [1.807, 2.05) is 0 Å². The molecule has 0 saturated carbocycles. The normalized spacial score (nSPS) is 35.4. The second kappa shape index (κ2) is 5.26. The maximum Gasteiger partial charge on any atom is 0.0531 e. The Hall–Kier alpha value is 2.58. The van der Waals surface area contributed by atoms with Gasteiger partial charge in [-0.25, -0.2) is 0 Å². The molecule has 44 valence electrons. The molecule has 0 amide bonds. The van der Waals surface area contributed by atoms with Crippen LogP contribution in [0.2, 0.25) is 0 Å². The van der Waals surface area contributed by atoms with Gasteiger partial charge in [-0.2, -0.15) is 0 Å². The molecular weight excluding hydrogens is 326 g/mol. The van der Waals surface area contributed by atoms with E-state index in [-0.39, 0.29) is 0 Å². The third-order valence-electron chi connectivity index (χ3n) is 0.439. The fourth-order valence-corrected chi connectivity index (χ4v) is 36.3. The van der Waals surface area contributed by atoms with Crippen LogP contribution in [0.15, 0.2) is 0 Å². The number of hydrogen-bond donors (Lipinski definition) is 0. The minimum atomic E-state index is 0.748. The molecule has 0 nitrogen and oxygen atoms in total. The zero-order valence-corrected chi connectivity index (χ0v) is 11.2. The fraction of sp³-hybridized carbons (Fsp3) is 1.00. The van der Waals surface area contributed by atoms with E-state index in [1.54, 1.807) is 36.8 Å². The highest BCUT2D eigenvalue weighted by Gasteiger charge is 1.88. The van der Waals surface area contributed by atoms with Crippen molar-refractivity contribution < 1.29 is 0 Å². The molecule has 0 bridgehead atoms. The smallest absolute Gasteiger partial charge is 0.0531 e. The van der Waals surface area contributed by atoms with Crippen LogP contribution < -0.4 is 0 Å². The summed E-state index contributed by atoms with van der Waals surface area (Å²) in [5, 5.41) is 0. The molecular formula is CH2IP5S. The Bertz CT molecular complexity index is 160. The molecule has 0 saturated heterocycles. The standard InChI is InChI=1S/CH2IP5S/c2-1-8-6-4-3-5-7-8/h1H2. The van der Waals surface area contributed by atoms with Crippen LogP contribution in [-0.4, -0.2) is 3.76 Å². The molecule has 0 aliphatic carbocycles. The van der Waals surface area contributed by atoms with Gasteiger partial charge in [0.25, 0.3) is 0 Å². The second-order valence-electron chi connectivity index (χ2n) is 0.881. The monoisotopic (exact) mass is 328 g/mol. The van der Waals surface area contributed by atoms with E-state index in [4.69, 9.17) is 0 Å². The Morgan fingerprint density at radius 3 is 2.50 bits per heavy atom. The van der Waals surface area contributed by atoms with Gasteiger partial charge in [0, 0.05) is 36.8 Å². The SMILES string of the molecule is ICS1=PP=PP=P1. The van der Waals surface area contributed by atoms with E-state index in [0.29, 0.717) is 0 Å². The van der Waals surface area contributed by atoms with Gasteiger partial charge in [0.15, 0.2) is 0 Å². The van der Waals surface area contributed by atoms with E-state index in [9.17, 15) is 0 Å². The van der Waals surface area contributed by atoms with Gasteiger partial charge >= 0.3 is 0 Å². The van der Waals surface area contributed by atoms with Crippen LogP contribution in [0, 0.1) is 0 Å². The van der Waals surface area contributed by atoms with Crippen LogP contribution in [0.3, 0.4) is 0 Å². The molecule has 0 N–H and O–H groups in total.